The van der Waals surface area contributed by atoms with Crippen LogP contribution in [-0.2, 0) is 6.54 Å². The summed E-state index contributed by atoms with van der Waals surface area (Å²) >= 11 is 3.39. The van der Waals surface area contributed by atoms with Gasteiger partial charge < -0.3 is 9.30 Å². The predicted molar refractivity (Wildman–Crippen MR) is 120 cm³/mol. The fraction of sp³-hybridized carbons (Fsp3) is 0.125. The van der Waals surface area contributed by atoms with Crippen LogP contribution in [0.3, 0.4) is 0 Å². The van der Waals surface area contributed by atoms with Crippen molar-refractivity contribution in [2.75, 3.05) is 7.11 Å². The number of hydrogen-bond donors (Lipinski definition) is 0. The van der Waals surface area contributed by atoms with Gasteiger partial charge in [-0.2, -0.15) is 0 Å². The molecule has 2 heterocycles. The first-order chi connectivity index (χ1) is 14.5. The minimum atomic E-state index is -0.333. The van der Waals surface area contributed by atoms with Gasteiger partial charge in [0.15, 0.2) is 5.78 Å². The number of para-hydroxylation sites is 1. The summed E-state index contributed by atoms with van der Waals surface area (Å²) in [5.74, 6) is 0.278. The Balaban J connectivity index is 1.87. The highest BCUT2D eigenvalue weighted by Crippen LogP contribution is 2.22. The molecular weight excluding hydrogens is 444 g/mol. The van der Waals surface area contributed by atoms with E-state index < -0.39 is 0 Å². The fourth-order valence-electron chi connectivity index (χ4n) is 3.47. The zero-order valence-electron chi connectivity index (χ0n) is 16.6. The van der Waals surface area contributed by atoms with Crippen molar-refractivity contribution >= 4 is 32.6 Å². The van der Waals surface area contributed by atoms with E-state index in [1.165, 1.54) is 0 Å². The topological polar surface area (TPSA) is 61.2 Å². The summed E-state index contributed by atoms with van der Waals surface area (Å²) in [4.78, 5) is 30.9. The molecule has 0 atom stereocenters. The molecule has 0 N–H and O–H groups in total. The summed E-state index contributed by atoms with van der Waals surface area (Å²) in [6.07, 6.45) is 1.63. The lowest BCUT2D eigenvalue weighted by molar-refractivity contribution is 0.103. The summed E-state index contributed by atoms with van der Waals surface area (Å²) in [5, 5.41) is 0.498. The number of nitrogens with zero attached hydrogens (tertiary/aromatic N) is 2. The van der Waals surface area contributed by atoms with Crippen molar-refractivity contribution in [2.45, 2.75) is 13.5 Å². The van der Waals surface area contributed by atoms with E-state index in [9.17, 15) is 9.59 Å². The van der Waals surface area contributed by atoms with Gasteiger partial charge in [-0.3, -0.25) is 9.59 Å². The Labute approximate surface area is 182 Å². The van der Waals surface area contributed by atoms with Crippen LogP contribution in [0.4, 0.5) is 0 Å². The average Bonchev–Trinajstić information content (AvgIpc) is 2.76. The Morgan fingerprint density at radius 2 is 1.90 bits per heavy atom. The Morgan fingerprint density at radius 1 is 1.10 bits per heavy atom. The predicted octanol–water partition coefficient (Wildman–Crippen LogP) is 4.76. The molecule has 0 aliphatic heterocycles. The van der Waals surface area contributed by atoms with Crippen LogP contribution < -0.4 is 10.2 Å². The highest BCUT2D eigenvalue weighted by molar-refractivity contribution is 9.10. The quantitative estimate of drug-likeness (QED) is 0.317. The van der Waals surface area contributed by atoms with Gasteiger partial charge >= 0.3 is 0 Å². The molecule has 0 fully saturated rings. The maximum atomic E-state index is 13.3. The molecule has 0 unspecified atom stereocenters. The maximum Gasteiger partial charge on any atom is 0.200 e. The molecule has 0 aliphatic carbocycles. The first-order valence-corrected chi connectivity index (χ1v) is 10.2. The van der Waals surface area contributed by atoms with Crippen molar-refractivity contribution in [3.63, 3.8) is 0 Å². The molecule has 4 rings (SSSR count). The van der Waals surface area contributed by atoms with E-state index in [1.807, 2.05) is 47.9 Å². The molecule has 2 aromatic carbocycles. The highest BCUT2D eigenvalue weighted by atomic mass is 79.9. The van der Waals surface area contributed by atoms with E-state index in [2.05, 4.69) is 20.9 Å². The summed E-state index contributed by atoms with van der Waals surface area (Å²) in [6, 6.07) is 18.2. The zero-order chi connectivity index (χ0) is 21.3. The second kappa shape index (κ2) is 8.24. The van der Waals surface area contributed by atoms with E-state index >= 15 is 0 Å². The van der Waals surface area contributed by atoms with Gasteiger partial charge in [0.25, 0.3) is 0 Å². The zero-order valence-corrected chi connectivity index (χ0v) is 18.1. The second-order valence-corrected chi connectivity index (χ2v) is 7.79. The molecule has 2 aromatic heterocycles. The number of methoxy groups -OCH3 is 1. The van der Waals surface area contributed by atoms with Gasteiger partial charge in [-0.25, -0.2) is 4.98 Å². The number of rotatable bonds is 5. The summed E-state index contributed by atoms with van der Waals surface area (Å²) < 4.78 is 7.96. The van der Waals surface area contributed by atoms with Gasteiger partial charge in [-0.15, -0.1) is 0 Å². The summed E-state index contributed by atoms with van der Waals surface area (Å²) in [7, 11) is 1.56. The van der Waals surface area contributed by atoms with E-state index in [-0.39, 0.29) is 16.8 Å². The molecule has 6 heteroatoms. The molecule has 4 aromatic rings. The third kappa shape index (κ3) is 3.78. The van der Waals surface area contributed by atoms with Gasteiger partial charge in [-0.1, -0.05) is 30.3 Å². The number of pyridine rings is 2. The highest BCUT2D eigenvalue weighted by Gasteiger charge is 2.18. The van der Waals surface area contributed by atoms with Crippen LogP contribution in [0.25, 0.3) is 10.9 Å². The van der Waals surface area contributed by atoms with Crippen molar-refractivity contribution in [1.29, 1.82) is 0 Å². The van der Waals surface area contributed by atoms with E-state index in [0.29, 0.717) is 23.2 Å². The van der Waals surface area contributed by atoms with Crippen LogP contribution in [0.5, 0.6) is 5.75 Å². The first-order valence-electron chi connectivity index (χ1n) is 9.41. The van der Waals surface area contributed by atoms with Crippen molar-refractivity contribution in [3.05, 3.63) is 104 Å². The van der Waals surface area contributed by atoms with Gasteiger partial charge in [-0.05, 0) is 58.7 Å². The van der Waals surface area contributed by atoms with Gasteiger partial charge in [0, 0.05) is 17.1 Å². The lowest BCUT2D eigenvalue weighted by atomic mass is 10.0. The lowest BCUT2D eigenvalue weighted by Gasteiger charge is -2.14. The number of carbonyl (C=O) groups is 1. The number of halogens is 1. The van der Waals surface area contributed by atoms with Crippen LogP contribution in [-0.4, -0.2) is 22.4 Å². The van der Waals surface area contributed by atoms with Gasteiger partial charge in [0.05, 0.1) is 30.4 Å². The summed E-state index contributed by atoms with van der Waals surface area (Å²) in [5.41, 5.74) is 2.74. The summed E-state index contributed by atoms with van der Waals surface area (Å²) in [6.45, 7) is 2.33. The molecule has 0 spiro atoms. The van der Waals surface area contributed by atoms with E-state index in [0.717, 1.165) is 21.4 Å². The standard InChI is InChI=1S/C24H19BrN2O3/c1-15-10-11-16(12-21(15)30-2)23(28)19-14-27(13-17-6-5-9-22(25)26-17)20-8-4-3-7-18(20)24(19)29/h3-12,14H,13H2,1-2H3. The fourth-order valence-corrected chi connectivity index (χ4v) is 3.85. The van der Waals surface area contributed by atoms with Crippen molar-refractivity contribution < 1.29 is 9.53 Å². The third-order valence-electron chi connectivity index (χ3n) is 5.01. The lowest BCUT2D eigenvalue weighted by Crippen LogP contribution is -2.20. The number of aromatic nitrogens is 2. The number of aryl methyl sites for hydroxylation is 1. The number of ether oxygens (including phenoxy) is 1. The van der Waals surface area contributed by atoms with Crippen LogP contribution in [0, 0.1) is 6.92 Å². The normalized spacial score (nSPS) is 10.9. The smallest absolute Gasteiger partial charge is 0.200 e. The van der Waals surface area contributed by atoms with Crippen LogP contribution >= 0.6 is 15.9 Å². The Hall–Kier alpha value is -3.25. The number of hydrogen-bond acceptors (Lipinski definition) is 4. The molecule has 0 radical (unpaired) electrons. The molecule has 0 amide bonds. The minimum absolute atomic E-state index is 0.120. The second-order valence-electron chi connectivity index (χ2n) is 6.98. The monoisotopic (exact) mass is 462 g/mol. The molecule has 0 saturated heterocycles. The number of ketones is 1. The van der Waals surface area contributed by atoms with E-state index in [4.69, 9.17) is 4.74 Å². The SMILES string of the molecule is COc1cc(C(=O)c2cn(Cc3cccc(Br)n3)c3ccccc3c2=O)ccc1C. The van der Waals surface area contributed by atoms with E-state index in [1.54, 1.807) is 37.6 Å². The number of fused-ring (bicyclic) bond motifs is 1. The van der Waals surface area contributed by atoms with Crippen LogP contribution in [0.1, 0.15) is 27.2 Å². The minimum Gasteiger partial charge on any atom is -0.496 e. The van der Waals surface area contributed by atoms with Crippen LogP contribution in [0.2, 0.25) is 0 Å². The van der Waals surface area contributed by atoms with Crippen molar-refractivity contribution in [1.82, 2.24) is 9.55 Å². The molecule has 5 nitrogen and oxygen atoms in total. The van der Waals surface area contributed by atoms with Crippen molar-refractivity contribution in [2.24, 2.45) is 0 Å². The molecule has 150 valence electrons. The average molecular weight is 463 g/mol. The molecule has 0 saturated carbocycles. The van der Waals surface area contributed by atoms with Crippen molar-refractivity contribution in [3.8, 4) is 5.75 Å². The molecular formula is C24H19BrN2O3. The first kappa shape index (κ1) is 20.0. The Morgan fingerprint density at radius 3 is 2.67 bits per heavy atom. The van der Waals surface area contributed by atoms with Gasteiger partial charge in [0.2, 0.25) is 5.43 Å². The Kier molecular flexibility index (Phi) is 5.50. The Bertz CT molecular complexity index is 1330. The molecule has 0 aliphatic rings. The molecule has 30 heavy (non-hydrogen) atoms. The third-order valence-corrected chi connectivity index (χ3v) is 5.45. The van der Waals surface area contributed by atoms with Gasteiger partial charge in [0.1, 0.15) is 10.4 Å². The van der Waals surface area contributed by atoms with Crippen LogP contribution in [0.15, 0.2) is 76.3 Å². The maximum absolute atomic E-state index is 13.3. The number of benzene rings is 2. The number of carbonyl (C=O) groups excluding carboxylic acids is 1. The largest absolute Gasteiger partial charge is 0.496 e. The molecule has 0 bridgehead atoms.